The number of likely N-dealkylation sites (tertiary alicyclic amines) is 1. The first-order valence-corrected chi connectivity index (χ1v) is 9.81. The van der Waals surface area contributed by atoms with Crippen molar-refractivity contribution in [3.8, 4) is 0 Å². The zero-order valence-electron chi connectivity index (χ0n) is 17.6. The molecule has 7 nitrogen and oxygen atoms in total. The number of likely N-dealkylation sites (N-methyl/N-ethyl adjacent to an activating group) is 1. The average Bonchev–Trinajstić information content (AvgIpc) is 3.04. The predicted octanol–water partition coefficient (Wildman–Crippen LogP) is 1.93. The maximum Gasteiger partial charge on any atom is 0.191 e. The molecular weight excluding hydrogens is 453 g/mol. The number of aryl methyl sites for hydroxylation is 1. The number of guanidine groups is 1. The van der Waals surface area contributed by atoms with Gasteiger partial charge in [0, 0.05) is 38.9 Å². The van der Waals surface area contributed by atoms with E-state index in [2.05, 4.69) is 57.7 Å². The van der Waals surface area contributed by atoms with Crippen LogP contribution in [0.2, 0.25) is 0 Å². The van der Waals surface area contributed by atoms with Gasteiger partial charge in [0.05, 0.1) is 12.2 Å². The van der Waals surface area contributed by atoms with Crippen LogP contribution in [0, 0.1) is 5.92 Å². The van der Waals surface area contributed by atoms with E-state index in [1.54, 1.807) is 0 Å². The van der Waals surface area contributed by atoms with Crippen molar-refractivity contribution in [2.75, 3.05) is 53.9 Å². The van der Waals surface area contributed by atoms with Crippen LogP contribution in [0.1, 0.15) is 37.8 Å². The van der Waals surface area contributed by atoms with E-state index in [1.165, 1.54) is 38.0 Å². The molecule has 0 radical (unpaired) electrons. The van der Waals surface area contributed by atoms with Crippen LogP contribution >= 0.6 is 24.0 Å². The second-order valence-corrected chi connectivity index (χ2v) is 7.68. The fraction of sp³-hybridized carbons (Fsp3) is 0.789. The van der Waals surface area contributed by atoms with Crippen LogP contribution in [-0.4, -0.2) is 79.4 Å². The van der Waals surface area contributed by atoms with E-state index in [1.807, 2.05) is 25.0 Å². The molecule has 0 bridgehead atoms. The van der Waals surface area contributed by atoms with Crippen LogP contribution < -0.4 is 10.6 Å². The number of hydrogen-bond acceptors (Lipinski definition) is 4. The highest BCUT2D eigenvalue weighted by Crippen LogP contribution is 2.16. The van der Waals surface area contributed by atoms with E-state index in [-0.39, 0.29) is 30.0 Å². The van der Waals surface area contributed by atoms with Gasteiger partial charge < -0.3 is 20.4 Å². The van der Waals surface area contributed by atoms with Crippen molar-refractivity contribution in [1.82, 2.24) is 30.2 Å². The lowest BCUT2D eigenvalue weighted by molar-refractivity contribution is 0.191. The fourth-order valence-electron chi connectivity index (χ4n) is 3.42. The number of aliphatic imine (C=N–C) groups is 1. The Bertz CT molecular complexity index is 550. The van der Waals surface area contributed by atoms with Gasteiger partial charge >= 0.3 is 0 Å². The fourth-order valence-corrected chi connectivity index (χ4v) is 3.42. The van der Waals surface area contributed by atoms with Crippen LogP contribution in [-0.2, 0) is 7.05 Å². The molecule has 0 saturated carbocycles. The van der Waals surface area contributed by atoms with Crippen LogP contribution in [0.5, 0.6) is 0 Å². The summed E-state index contributed by atoms with van der Waals surface area (Å²) in [4.78, 5) is 9.14. The molecule has 0 aliphatic carbocycles. The molecule has 8 heteroatoms. The first-order valence-electron chi connectivity index (χ1n) is 9.81. The second-order valence-electron chi connectivity index (χ2n) is 7.68. The van der Waals surface area contributed by atoms with E-state index in [0.29, 0.717) is 0 Å². The van der Waals surface area contributed by atoms with E-state index in [4.69, 9.17) is 0 Å². The topological polar surface area (TPSA) is 60.7 Å². The van der Waals surface area contributed by atoms with E-state index >= 15 is 0 Å². The van der Waals surface area contributed by atoms with Crippen LogP contribution in [0.25, 0.3) is 0 Å². The van der Waals surface area contributed by atoms with Crippen molar-refractivity contribution in [2.45, 2.75) is 32.2 Å². The number of halogens is 1. The lowest BCUT2D eigenvalue weighted by Gasteiger charge is -2.30. The Kier molecular flexibility index (Phi) is 11.2. The Labute approximate surface area is 182 Å². The summed E-state index contributed by atoms with van der Waals surface area (Å²) in [5, 5.41) is 11.2. The summed E-state index contributed by atoms with van der Waals surface area (Å²) in [7, 11) is 7.97. The Morgan fingerprint density at radius 2 is 2.04 bits per heavy atom. The van der Waals surface area contributed by atoms with Crippen molar-refractivity contribution >= 4 is 29.9 Å². The third kappa shape index (κ3) is 8.35. The van der Waals surface area contributed by atoms with E-state index in [0.717, 1.165) is 31.4 Å². The molecule has 1 saturated heterocycles. The van der Waals surface area contributed by atoms with Gasteiger partial charge in [-0.2, -0.15) is 5.10 Å². The van der Waals surface area contributed by atoms with Gasteiger partial charge in [-0.15, -0.1) is 24.0 Å². The molecule has 2 heterocycles. The normalized spacial score (nSPS) is 17.6. The standard InChI is InChI=1S/C19H37N7.HI/c1-16-7-11-26(12-8-16)10-6-9-21-19(20-2)22-14-18(24(3)4)17-13-23-25(5)15-17;/h13,15-16,18H,6-12,14H2,1-5H3,(H2,20,21,22);1H. The number of aromatic nitrogens is 2. The smallest absolute Gasteiger partial charge is 0.191 e. The van der Waals surface area contributed by atoms with Gasteiger partial charge in [-0.3, -0.25) is 9.67 Å². The summed E-state index contributed by atoms with van der Waals surface area (Å²) in [6.07, 6.45) is 7.84. The Morgan fingerprint density at radius 3 is 2.59 bits per heavy atom. The second kappa shape index (κ2) is 12.6. The number of nitrogens with zero attached hydrogens (tertiary/aromatic N) is 5. The SMILES string of the molecule is CN=C(NCCCN1CCC(C)CC1)NCC(c1cnn(C)c1)N(C)C.I. The first kappa shape index (κ1) is 24.2. The molecule has 0 spiro atoms. The van der Waals surface area contributed by atoms with Gasteiger partial charge in [0.15, 0.2) is 5.96 Å². The summed E-state index contributed by atoms with van der Waals surface area (Å²) in [6, 6.07) is 0.262. The zero-order valence-corrected chi connectivity index (χ0v) is 19.9. The van der Waals surface area contributed by atoms with E-state index < -0.39 is 0 Å². The molecule has 1 aliphatic rings. The van der Waals surface area contributed by atoms with Crippen LogP contribution in [0.4, 0.5) is 0 Å². The Morgan fingerprint density at radius 1 is 1.33 bits per heavy atom. The van der Waals surface area contributed by atoms with Crippen molar-refractivity contribution in [1.29, 1.82) is 0 Å². The summed E-state index contributed by atoms with van der Waals surface area (Å²) < 4.78 is 1.85. The molecule has 1 aromatic heterocycles. The number of piperidine rings is 1. The Balaban J connectivity index is 0.00000364. The lowest BCUT2D eigenvalue weighted by atomic mass is 9.99. The Hall–Kier alpha value is -0.870. The summed E-state index contributed by atoms with van der Waals surface area (Å²) in [5.74, 6) is 1.77. The van der Waals surface area contributed by atoms with Crippen LogP contribution in [0.3, 0.4) is 0 Å². The zero-order chi connectivity index (χ0) is 18.9. The van der Waals surface area contributed by atoms with Gasteiger partial charge in [-0.05, 0) is 58.9 Å². The van der Waals surface area contributed by atoms with Gasteiger partial charge in [0.2, 0.25) is 0 Å². The number of nitrogens with one attached hydrogen (secondary N) is 2. The van der Waals surface area contributed by atoms with E-state index in [9.17, 15) is 0 Å². The largest absolute Gasteiger partial charge is 0.356 e. The highest BCUT2D eigenvalue weighted by Gasteiger charge is 2.17. The monoisotopic (exact) mass is 491 g/mol. The van der Waals surface area contributed by atoms with Gasteiger partial charge in [0.25, 0.3) is 0 Å². The van der Waals surface area contributed by atoms with Crippen molar-refractivity contribution in [3.05, 3.63) is 18.0 Å². The number of rotatable bonds is 8. The van der Waals surface area contributed by atoms with Crippen molar-refractivity contribution in [3.63, 3.8) is 0 Å². The molecular formula is C19H38IN7. The molecule has 1 aliphatic heterocycles. The maximum atomic E-state index is 4.35. The summed E-state index contributed by atoms with van der Waals surface area (Å²) in [5.41, 5.74) is 1.21. The molecule has 2 rings (SSSR count). The predicted molar refractivity (Wildman–Crippen MR) is 124 cm³/mol. The minimum absolute atomic E-state index is 0. The first-order chi connectivity index (χ1) is 12.5. The molecule has 2 N–H and O–H groups in total. The lowest BCUT2D eigenvalue weighted by Crippen LogP contribution is -2.42. The summed E-state index contributed by atoms with van der Waals surface area (Å²) >= 11 is 0. The number of hydrogen-bond donors (Lipinski definition) is 2. The molecule has 0 amide bonds. The molecule has 1 atom stereocenters. The van der Waals surface area contributed by atoms with Gasteiger partial charge in [-0.1, -0.05) is 6.92 Å². The minimum Gasteiger partial charge on any atom is -0.356 e. The third-order valence-corrected chi connectivity index (χ3v) is 5.24. The highest BCUT2D eigenvalue weighted by molar-refractivity contribution is 14.0. The maximum absolute atomic E-state index is 4.35. The minimum atomic E-state index is 0. The van der Waals surface area contributed by atoms with Crippen molar-refractivity contribution in [2.24, 2.45) is 18.0 Å². The van der Waals surface area contributed by atoms with Crippen molar-refractivity contribution < 1.29 is 0 Å². The quantitative estimate of drug-likeness (QED) is 0.252. The molecule has 1 unspecified atom stereocenters. The third-order valence-electron chi connectivity index (χ3n) is 5.24. The van der Waals surface area contributed by atoms with Gasteiger partial charge in [0.1, 0.15) is 0 Å². The molecule has 156 valence electrons. The molecule has 1 aromatic rings. The summed E-state index contributed by atoms with van der Waals surface area (Å²) in [6.45, 7) is 7.79. The molecule has 0 aromatic carbocycles. The highest BCUT2D eigenvalue weighted by atomic mass is 127. The molecule has 27 heavy (non-hydrogen) atoms. The average molecular weight is 491 g/mol. The van der Waals surface area contributed by atoms with Crippen LogP contribution in [0.15, 0.2) is 17.4 Å². The molecule has 1 fully saturated rings. The van der Waals surface area contributed by atoms with Gasteiger partial charge in [-0.25, -0.2) is 0 Å².